The lowest BCUT2D eigenvalue weighted by molar-refractivity contribution is -0.0511. The minimum absolute atomic E-state index is 0.561. The first-order valence-corrected chi connectivity index (χ1v) is 9.78. The summed E-state index contributed by atoms with van der Waals surface area (Å²) >= 11 is 0. The molecule has 1 unspecified atom stereocenters. The molecule has 0 nitrogen and oxygen atoms in total. The van der Waals surface area contributed by atoms with E-state index in [9.17, 15) is 0 Å². The van der Waals surface area contributed by atoms with Gasteiger partial charge >= 0.3 is 0 Å². The molecule has 1 heteroatoms. The van der Waals surface area contributed by atoms with Crippen molar-refractivity contribution in [1.82, 2.24) is 0 Å². The highest BCUT2D eigenvalue weighted by molar-refractivity contribution is 8.04. The summed E-state index contributed by atoms with van der Waals surface area (Å²) in [4.78, 5) is 0. The van der Waals surface area contributed by atoms with Gasteiger partial charge in [-0.25, -0.2) is 0 Å². The Labute approximate surface area is 116 Å². The van der Waals surface area contributed by atoms with Crippen molar-refractivity contribution in [3.63, 3.8) is 0 Å². The predicted octanol–water partition coefficient (Wildman–Crippen LogP) is 4.25. The zero-order valence-corrected chi connectivity index (χ0v) is 13.4. The molecule has 0 amide bonds. The van der Waals surface area contributed by atoms with Crippen LogP contribution in [0.25, 0.3) is 0 Å². The highest BCUT2D eigenvalue weighted by Crippen LogP contribution is 2.68. The van der Waals surface area contributed by atoms with Crippen LogP contribution < -0.4 is 0 Å². The molecule has 1 saturated heterocycles. The second-order valence-corrected chi connectivity index (χ2v) is 11.3. The fraction of sp³-hybridized carbons (Fsp3) is 1.00. The van der Waals surface area contributed by atoms with Crippen molar-refractivity contribution in [2.45, 2.75) is 69.8 Å². The number of rotatable bonds is 1. The lowest BCUT2D eigenvalue weighted by atomic mass is 9.48. The molecule has 3 atom stereocenters. The van der Waals surface area contributed by atoms with Gasteiger partial charge < -0.3 is 0 Å². The van der Waals surface area contributed by atoms with Crippen LogP contribution in [0.4, 0.5) is 0 Å². The summed E-state index contributed by atoms with van der Waals surface area (Å²) in [5.41, 5.74) is 1.39. The average molecular weight is 265 g/mol. The van der Waals surface area contributed by atoms with Gasteiger partial charge in [0.25, 0.3) is 0 Å². The van der Waals surface area contributed by atoms with E-state index in [2.05, 4.69) is 27.0 Å². The Morgan fingerprint density at radius 1 is 0.889 bits per heavy atom. The molecule has 102 valence electrons. The van der Waals surface area contributed by atoms with Crippen LogP contribution in [0.3, 0.4) is 0 Å². The minimum Gasteiger partial charge on any atom is -0.0552 e. The average Bonchev–Trinajstić information content (AvgIpc) is 2.88. The van der Waals surface area contributed by atoms with Gasteiger partial charge in [-0.15, -0.1) is 0 Å². The third kappa shape index (κ3) is 1.58. The molecule has 5 rings (SSSR count). The molecule has 4 saturated carbocycles. The first-order chi connectivity index (χ1) is 8.39. The van der Waals surface area contributed by atoms with Crippen molar-refractivity contribution < 1.29 is 0 Å². The van der Waals surface area contributed by atoms with E-state index in [1.165, 1.54) is 0 Å². The van der Waals surface area contributed by atoms with Crippen LogP contribution in [0.15, 0.2) is 0 Å². The maximum absolute atomic E-state index is 2.58. The summed E-state index contributed by atoms with van der Waals surface area (Å²) in [7, 11) is 0.732. The SMILES string of the molecule is C[S+]1[C@H](C(C)(C)C)[C@H]1C12CC3CC(CC(C3)C1)C2. The van der Waals surface area contributed by atoms with Gasteiger partial charge in [-0.2, -0.15) is 0 Å². The van der Waals surface area contributed by atoms with Crippen molar-refractivity contribution in [2.24, 2.45) is 28.6 Å². The lowest BCUT2D eigenvalue weighted by Crippen LogP contribution is -2.49. The molecule has 0 radical (unpaired) electrons. The zero-order chi connectivity index (χ0) is 12.7. The number of hydrogen-bond acceptors (Lipinski definition) is 0. The fourth-order valence-corrected chi connectivity index (χ4v) is 10.4. The molecule has 4 bridgehead atoms. The lowest BCUT2D eigenvalue weighted by Gasteiger charge is -2.55. The summed E-state index contributed by atoms with van der Waals surface area (Å²) < 4.78 is 0. The Hall–Kier alpha value is 0.350. The van der Waals surface area contributed by atoms with E-state index < -0.39 is 0 Å². The molecule has 0 aromatic heterocycles. The second-order valence-electron chi connectivity index (χ2n) is 9.09. The van der Waals surface area contributed by atoms with E-state index in [1.54, 1.807) is 38.5 Å². The Kier molecular flexibility index (Phi) is 2.36. The third-order valence-corrected chi connectivity index (χ3v) is 9.58. The summed E-state index contributed by atoms with van der Waals surface area (Å²) in [5.74, 6) is 3.40. The third-order valence-electron chi connectivity index (χ3n) is 6.54. The van der Waals surface area contributed by atoms with Gasteiger partial charge in [-0.05, 0) is 56.3 Å². The zero-order valence-electron chi connectivity index (χ0n) is 12.5. The molecule has 5 fully saturated rings. The molecular formula is C17H29S+. The van der Waals surface area contributed by atoms with Crippen molar-refractivity contribution in [2.75, 3.05) is 6.26 Å². The monoisotopic (exact) mass is 265 g/mol. The summed E-state index contributed by atoms with van der Waals surface area (Å²) in [6.45, 7) is 7.46. The van der Waals surface area contributed by atoms with Gasteiger partial charge in [0.1, 0.15) is 0 Å². The van der Waals surface area contributed by atoms with Gasteiger partial charge in [0.15, 0.2) is 10.5 Å². The van der Waals surface area contributed by atoms with Crippen LogP contribution >= 0.6 is 0 Å². The van der Waals surface area contributed by atoms with E-state index in [-0.39, 0.29) is 0 Å². The molecule has 0 aromatic rings. The standard InChI is InChI=1S/C17H29S/c1-16(2,3)14-15(18(14)4)17-8-11-5-12(9-17)7-13(6-11)10-17/h11-15H,5-10H2,1-4H3/q+1/t11?,12?,13?,14-,15-,17?,18?/m0/s1. The molecule has 1 aliphatic heterocycles. The molecular weight excluding hydrogens is 236 g/mol. The van der Waals surface area contributed by atoms with Gasteiger partial charge in [-0.3, -0.25) is 0 Å². The summed E-state index contributed by atoms with van der Waals surface area (Å²) in [6.07, 6.45) is 12.2. The maximum atomic E-state index is 2.58. The van der Waals surface area contributed by atoms with Gasteiger partial charge in [0.05, 0.1) is 6.26 Å². The summed E-state index contributed by atoms with van der Waals surface area (Å²) in [5, 5.41) is 2.17. The molecule has 18 heavy (non-hydrogen) atoms. The molecule has 0 N–H and O–H groups in total. The van der Waals surface area contributed by atoms with Crippen LogP contribution in [0.1, 0.15) is 59.3 Å². The summed E-state index contributed by atoms with van der Waals surface area (Å²) in [6, 6.07) is 0. The number of hydrogen-bond donors (Lipinski definition) is 0. The van der Waals surface area contributed by atoms with Crippen LogP contribution in [-0.2, 0) is 10.9 Å². The quantitative estimate of drug-likeness (QED) is 0.491. The van der Waals surface area contributed by atoms with E-state index in [4.69, 9.17) is 0 Å². The minimum atomic E-state index is 0.561. The van der Waals surface area contributed by atoms with E-state index in [1.807, 2.05) is 0 Å². The smallest absolute Gasteiger partial charge is 0.0552 e. The molecule has 0 spiro atoms. The van der Waals surface area contributed by atoms with Gasteiger partial charge in [-0.1, -0.05) is 20.8 Å². The second kappa shape index (κ2) is 3.51. The Balaban J connectivity index is 1.62. The van der Waals surface area contributed by atoms with Crippen molar-refractivity contribution in [3.8, 4) is 0 Å². The van der Waals surface area contributed by atoms with Crippen molar-refractivity contribution >= 4 is 10.9 Å². The van der Waals surface area contributed by atoms with Crippen LogP contribution in [0.2, 0.25) is 0 Å². The molecule has 5 aliphatic rings. The van der Waals surface area contributed by atoms with Gasteiger partial charge in [0.2, 0.25) is 0 Å². The first kappa shape index (κ1) is 12.1. The Morgan fingerprint density at radius 3 is 1.67 bits per heavy atom. The molecule has 4 aliphatic carbocycles. The Morgan fingerprint density at radius 2 is 1.33 bits per heavy atom. The molecule has 0 aromatic carbocycles. The van der Waals surface area contributed by atoms with Crippen LogP contribution in [0.5, 0.6) is 0 Å². The fourth-order valence-electron chi connectivity index (χ4n) is 6.56. The first-order valence-electron chi connectivity index (χ1n) is 8.03. The van der Waals surface area contributed by atoms with Crippen LogP contribution in [0, 0.1) is 28.6 Å². The topological polar surface area (TPSA) is 0 Å². The van der Waals surface area contributed by atoms with Crippen molar-refractivity contribution in [1.29, 1.82) is 0 Å². The maximum Gasteiger partial charge on any atom is 0.171 e. The molecule has 1 heterocycles. The predicted molar refractivity (Wildman–Crippen MR) is 80.9 cm³/mol. The van der Waals surface area contributed by atoms with Crippen LogP contribution in [-0.4, -0.2) is 16.8 Å². The van der Waals surface area contributed by atoms with Gasteiger partial charge in [0, 0.05) is 21.7 Å². The highest BCUT2D eigenvalue weighted by atomic mass is 32.2. The van der Waals surface area contributed by atoms with E-state index in [0.29, 0.717) is 5.41 Å². The normalized spacial score (nSPS) is 58.0. The van der Waals surface area contributed by atoms with E-state index >= 15 is 0 Å². The van der Waals surface area contributed by atoms with Crippen molar-refractivity contribution in [3.05, 3.63) is 0 Å². The Bertz CT molecular complexity index is 329. The van der Waals surface area contributed by atoms with E-state index in [0.717, 1.165) is 44.6 Å². The highest BCUT2D eigenvalue weighted by Gasteiger charge is 2.74. The largest absolute Gasteiger partial charge is 0.171 e.